The van der Waals surface area contributed by atoms with E-state index in [0.717, 1.165) is 16.5 Å². The molecule has 0 aliphatic carbocycles. The molecule has 1 aromatic rings. The summed E-state index contributed by atoms with van der Waals surface area (Å²) in [5.74, 6) is -1.40. The summed E-state index contributed by atoms with van der Waals surface area (Å²) in [6.45, 7) is 2.77. The third kappa shape index (κ3) is 26.8. The smallest absolute Gasteiger partial charge is 0.481 e. The average Bonchev–Trinajstić information content (AvgIpc) is 2.65. The molecule has 0 radical (unpaired) electrons. The number of carboxylic acids is 3. The summed E-state index contributed by atoms with van der Waals surface area (Å²) in [6, 6.07) is -4.70. The summed E-state index contributed by atoms with van der Waals surface area (Å²) in [6.07, 6.45) is 1.07. The Morgan fingerprint density at radius 2 is 1.55 bits per heavy atom. The van der Waals surface area contributed by atoms with Gasteiger partial charge in [-0.1, -0.05) is 52.0 Å². The van der Waals surface area contributed by atoms with Crippen LogP contribution < -0.4 is 43.1 Å². The van der Waals surface area contributed by atoms with Gasteiger partial charge in [0, 0.05) is 47.8 Å². The minimum Gasteiger partial charge on any atom is -0.481 e. The highest BCUT2D eigenvalue weighted by Crippen LogP contribution is 2.66. The standard InChI is InChI=1S/C45H67N8O26P3S3/c1-45(2,85-84-24-75-17-9-10-25-21-53(44(67)52-39(25)61)35-20-30(54)31(77-35)22-76-81(71,72)79-82(73,74)78-80(68,69)70)15-14-26(47-33(55)12-6-3-5-11-32-38-29(23-83-32)50-43(66)51-38)40(62)46-16-8-4-7-13-34(56)48-27(18-36(57)58)41(63)49-28(42(64)65)19-37(59)60/h5,11,21,26-32,35,38,54H,3-4,6-8,12-20,22-24H2,1-2H3,(H,46,62)(H,47,55)(H,48,56)(H,49,63)(H,57,58)(H,59,60)(H,64,65)(H,71,72)(H,73,74)(H2,50,51,66)(H,52,61,67)(H2,68,69,70)/b11-5+/t26?,27?,28?,29-,30?,31?,32-,35?,38-/m0/s1. The van der Waals surface area contributed by atoms with Gasteiger partial charge in [-0.05, 0) is 52.4 Å². The van der Waals surface area contributed by atoms with E-state index in [-0.39, 0.29) is 86.0 Å². The average molecular weight is 1330 g/mol. The summed E-state index contributed by atoms with van der Waals surface area (Å²) >= 11 is 1.71. The van der Waals surface area contributed by atoms with Gasteiger partial charge < -0.3 is 81.4 Å². The number of nitrogens with one attached hydrogen (secondary N) is 7. The van der Waals surface area contributed by atoms with Crippen molar-refractivity contribution >= 4 is 104 Å². The number of H-pyrrole nitrogens is 1. The molecule has 3 aliphatic rings. The normalized spacial score (nSPS) is 21.8. The highest BCUT2D eigenvalue weighted by atomic mass is 33.1. The number of allylic oxidation sites excluding steroid dienone is 1. The zero-order chi connectivity index (χ0) is 63.3. The number of hydrogen-bond donors (Lipinski definition) is 15. The Balaban J connectivity index is 1.26. The van der Waals surface area contributed by atoms with E-state index in [1.807, 2.05) is 36.3 Å². The number of rotatable bonds is 37. The summed E-state index contributed by atoms with van der Waals surface area (Å²) in [7, 11) is -14.3. The number of aliphatic hydroxyl groups excluding tert-OH is 1. The van der Waals surface area contributed by atoms with Gasteiger partial charge in [0.1, 0.15) is 48.6 Å². The van der Waals surface area contributed by atoms with Gasteiger partial charge in [-0.25, -0.2) is 28.1 Å². The van der Waals surface area contributed by atoms with Crippen LogP contribution in [0.25, 0.3) is 0 Å². The number of carbonyl (C=O) groups excluding carboxylic acids is 5. The van der Waals surface area contributed by atoms with Crippen molar-refractivity contribution in [2.45, 2.75) is 150 Å². The van der Waals surface area contributed by atoms with Gasteiger partial charge in [0.2, 0.25) is 23.6 Å². The SMILES string of the molecule is CC(C)(CCC(NC(=O)CCC/C=C/[C@@H]1SC[C@@H]2NC(=O)N[C@@H]21)C(=O)NCCCCCC(=O)NC(CC(=O)O)C(=O)NC(CC(=O)O)C(=O)O)SSCOCC#Cc1cn(C2CC(O)C(COP(=O)(O)OP(=O)(O)OP(=O)(O)O)O2)c(=O)[nH]c1=O. The predicted octanol–water partition coefficient (Wildman–Crippen LogP) is -0.149. The van der Waals surface area contributed by atoms with Crippen molar-refractivity contribution in [1.29, 1.82) is 0 Å². The van der Waals surface area contributed by atoms with E-state index in [9.17, 15) is 86.7 Å². The lowest BCUT2D eigenvalue weighted by molar-refractivity contribution is -0.148. The van der Waals surface area contributed by atoms with Gasteiger partial charge >= 0.3 is 53.1 Å². The number of urea groups is 1. The molecule has 3 fully saturated rings. The molecule has 34 nitrogen and oxygen atoms in total. The van der Waals surface area contributed by atoms with Gasteiger partial charge in [0.15, 0.2) is 0 Å². The van der Waals surface area contributed by atoms with Crippen molar-refractivity contribution in [3.8, 4) is 11.8 Å². The van der Waals surface area contributed by atoms with E-state index in [1.54, 1.807) is 11.8 Å². The first-order valence-electron chi connectivity index (χ1n) is 25.7. The molecule has 1 aromatic heterocycles. The topological polar surface area (TPSA) is 523 Å². The van der Waals surface area contributed by atoms with Crippen LogP contribution in [0.15, 0.2) is 27.9 Å². The van der Waals surface area contributed by atoms with Crippen molar-refractivity contribution < 1.29 is 115 Å². The van der Waals surface area contributed by atoms with Gasteiger partial charge in [-0.2, -0.15) is 8.62 Å². The monoisotopic (exact) mass is 1320 g/mol. The van der Waals surface area contributed by atoms with Crippen LogP contribution in [0.4, 0.5) is 4.79 Å². The lowest BCUT2D eigenvalue weighted by Gasteiger charge is -2.26. The number of amides is 6. The number of unbranched alkanes of at least 4 members (excludes halogenated alkanes) is 3. The summed E-state index contributed by atoms with van der Waals surface area (Å²) in [5, 5.41) is 53.6. The molecular weight excluding hydrogens is 1260 g/mol. The minimum absolute atomic E-state index is 0.0215. The maximum atomic E-state index is 13.6. The number of phosphoric acid groups is 3. The summed E-state index contributed by atoms with van der Waals surface area (Å²) in [5.41, 5.74) is -2.11. The Morgan fingerprint density at radius 1 is 0.882 bits per heavy atom. The Kier molecular flexibility index (Phi) is 28.8. The molecule has 6 amide bonds. The molecule has 40 heteroatoms. The molecule has 3 aliphatic heterocycles. The fourth-order valence-corrected chi connectivity index (χ4v) is 14.9. The fraction of sp³-hybridized carbons (Fsp3) is 0.644. The third-order valence-electron chi connectivity index (χ3n) is 12.2. The largest absolute Gasteiger partial charge is 0.490 e. The maximum Gasteiger partial charge on any atom is 0.490 e. The number of aromatic nitrogens is 2. The van der Waals surface area contributed by atoms with E-state index >= 15 is 0 Å². The van der Waals surface area contributed by atoms with Crippen molar-refractivity contribution in [1.82, 2.24) is 41.5 Å². The molecule has 85 heavy (non-hydrogen) atoms. The molecule has 0 aromatic carbocycles. The number of ether oxygens (including phenoxy) is 2. The Labute approximate surface area is 496 Å². The number of aliphatic carboxylic acids is 3. The maximum absolute atomic E-state index is 13.6. The van der Waals surface area contributed by atoms with Crippen molar-refractivity contribution in [2.24, 2.45) is 0 Å². The zero-order valence-electron chi connectivity index (χ0n) is 45.4. The summed E-state index contributed by atoms with van der Waals surface area (Å²) in [4.78, 5) is 161. The second-order valence-electron chi connectivity index (χ2n) is 19.6. The molecule has 4 rings (SSSR count). The molecule has 4 heterocycles. The Bertz CT molecular complexity index is 2940. The van der Waals surface area contributed by atoms with Crippen LogP contribution in [-0.2, 0) is 69.9 Å². The molecule has 0 spiro atoms. The van der Waals surface area contributed by atoms with Crippen LogP contribution in [0.2, 0.25) is 0 Å². The van der Waals surface area contributed by atoms with Crippen LogP contribution in [0.1, 0.15) is 103 Å². The second kappa shape index (κ2) is 33.9. The first-order valence-corrected chi connectivity index (χ1v) is 33.6. The van der Waals surface area contributed by atoms with Gasteiger partial charge in [0.25, 0.3) is 5.56 Å². The zero-order valence-corrected chi connectivity index (χ0v) is 50.5. The number of carboxylic acid groups (broad SMARTS) is 3. The highest BCUT2D eigenvalue weighted by molar-refractivity contribution is 8.77. The number of aromatic amines is 1. The van der Waals surface area contributed by atoms with Crippen LogP contribution in [0.5, 0.6) is 0 Å². The second-order valence-corrected chi connectivity index (χ2v) is 28.2. The lowest BCUT2D eigenvalue weighted by atomic mass is 10.0. The van der Waals surface area contributed by atoms with Crippen LogP contribution >= 0.6 is 56.8 Å². The minimum atomic E-state index is -5.82. The number of fused-ring (bicyclic) bond motifs is 1. The quantitative estimate of drug-likeness (QED) is 0.00783. The lowest BCUT2D eigenvalue weighted by Crippen LogP contribution is -2.52. The molecule has 476 valence electrons. The van der Waals surface area contributed by atoms with Crippen molar-refractivity contribution in [3.63, 3.8) is 0 Å². The molecule has 0 bridgehead atoms. The molecule has 15 N–H and O–H groups in total. The Morgan fingerprint density at radius 3 is 2.22 bits per heavy atom. The Hall–Kier alpha value is -5.12. The number of thioether (sulfide) groups is 1. The van der Waals surface area contributed by atoms with Crippen molar-refractivity contribution in [3.05, 3.63) is 44.8 Å². The van der Waals surface area contributed by atoms with E-state index in [4.69, 9.17) is 24.4 Å². The number of phosphoric ester groups is 1. The van der Waals surface area contributed by atoms with Gasteiger partial charge in [-0.15, -0.1) is 11.8 Å². The molecule has 0 saturated carbocycles. The highest BCUT2D eigenvalue weighted by Gasteiger charge is 2.44. The summed E-state index contributed by atoms with van der Waals surface area (Å²) < 4.78 is 57.9. The third-order valence-corrected chi connectivity index (χ3v) is 20.4. The van der Waals surface area contributed by atoms with Crippen LogP contribution in [0.3, 0.4) is 0 Å². The van der Waals surface area contributed by atoms with E-state index in [1.165, 1.54) is 21.6 Å². The first kappa shape index (κ1) is 72.4. The van der Waals surface area contributed by atoms with Gasteiger partial charge in [-0.3, -0.25) is 47.6 Å². The van der Waals surface area contributed by atoms with Crippen molar-refractivity contribution in [2.75, 3.05) is 31.5 Å². The van der Waals surface area contributed by atoms with Crippen LogP contribution in [-0.4, -0.2) is 181 Å². The number of hydrogen-bond acceptors (Lipinski definition) is 22. The molecule has 3 saturated heterocycles. The number of carbonyl (C=O) groups is 8. The van der Waals surface area contributed by atoms with Crippen LogP contribution in [0, 0.1) is 11.8 Å². The predicted molar refractivity (Wildman–Crippen MR) is 300 cm³/mol. The first-order chi connectivity index (χ1) is 39.7. The van der Waals surface area contributed by atoms with E-state index in [2.05, 4.69) is 51.6 Å². The number of nitrogens with zero attached hydrogens (tertiary/aromatic N) is 1. The molecule has 8 unspecified atom stereocenters. The molecular formula is C45H67N8O26P3S3. The molecule has 11 atom stereocenters. The van der Waals surface area contributed by atoms with E-state index < -0.39 is 131 Å². The number of aliphatic hydroxyl groups is 1. The van der Waals surface area contributed by atoms with E-state index in [0.29, 0.717) is 32.1 Å². The van der Waals surface area contributed by atoms with Gasteiger partial charge in [0.05, 0.1) is 37.6 Å². The fourth-order valence-electron chi connectivity index (χ4n) is 8.14.